The van der Waals surface area contributed by atoms with Crippen molar-refractivity contribution < 1.29 is 4.79 Å². The van der Waals surface area contributed by atoms with Crippen molar-refractivity contribution in [2.45, 2.75) is 19.5 Å². The third kappa shape index (κ3) is 4.58. The fourth-order valence-corrected chi connectivity index (χ4v) is 3.33. The van der Waals surface area contributed by atoms with E-state index in [1.54, 1.807) is 21.4 Å². The average Bonchev–Trinajstić information content (AvgIpc) is 3.16. The van der Waals surface area contributed by atoms with E-state index in [1.165, 1.54) is 12.5 Å². The van der Waals surface area contributed by atoms with E-state index in [2.05, 4.69) is 15.4 Å². The van der Waals surface area contributed by atoms with Gasteiger partial charge >= 0.3 is 0 Å². The van der Waals surface area contributed by atoms with Gasteiger partial charge in [0.1, 0.15) is 11.7 Å². The minimum absolute atomic E-state index is 0.0908. The Kier molecular flexibility index (Phi) is 5.90. The van der Waals surface area contributed by atoms with Crippen LogP contribution in [0.1, 0.15) is 11.1 Å². The fraction of sp³-hybridized carbons (Fsp3) is 0.182. The van der Waals surface area contributed by atoms with Gasteiger partial charge in [0.2, 0.25) is 5.91 Å². The molecule has 30 heavy (non-hydrogen) atoms. The number of halogens is 1. The molecule has 0 saturated carbocycles. The SMILES string of the molecule is O=C(Cc1ccc(Cl)cc1)NCCn1ncc2c(=O)n(Cc3ccccc3)cnc21. The minimum atomic E-state index is -0.137. The van der Waals surface area contributed by atoms with Crippen molar-refractivity contribution in [3.63, 3.8) is 0 Å². The lowest BCUT2D eigenvalue weighted by Crippen LogP contribution is -2.29. The second-order valence-corrected chi connectivity index (χ2v) is 7.36. The first kappa shape index (κ1) is 19.8. The molecule has 1 amide bonds. The van der Waals surface area contributed by atoms with Crippen molar-refractivity contribution in [3.05, 3.63) is 93.6 Å². The first-order valence-electron chi connectivity index (χ1n) is 9.56. The molecule has 0 aliphatic heterocycles. The van der Waals surface area contributed by atoms with E-state index >= 15 is 0 Å². The first-order valence-corrected chi connectivity index (χ1v) is 9.94. The highest BCUT2D eigenvalue weighted by molar-refractivity contribution is 6.30. The van der Waals surface area contributed by atoms with E-state index in [4.69, 9.17) is 11.6 Å². The Balaban J connectivity index is 1.39. The smallest absolute Gasteiger partial charge is 0.264 e. The van der Waals surface area contributed by atoms with E-state index in [0.717, 1.165) is 11.1 Å². The molecule has 1 N–H and O–H groups in total. The Hall–Kier alpha value is -3.45. The predicted octanol–water partition coefficient (Wildman–Crippen LogP) is 2.65. The minimum Gasteiger partial charge on any atom is -0.354 e. The molecule has 152 valence electrons. The molecule has 2 heterocycles. The van der Waals surface area contributed by atoms with Gasteiger partial charge in [0.25, 0.3) is 5.56 Å². The summed E-state index contributed by atoms with van der Waals surface area (Å²) in [5, 5.41) is 8.23. The van der Waals surface area contributed by atoms with Gasteiger partial charge in [0.15, 0.2) is 5.65 Å². The monoisotopic (exact) mass is 421 g/mol. The van der Waals surface area contributed by atoms with Gasteiger partial charge in [-0.1, -0.05) is 54.1 Å². The molecule has 0 saturated heterocycles. The third-order valence-corrected chi connectivity index (χ3v) is 4.99. The van der Waals surface area contributed by atoms with Crippen molar-refractivity contribution in [2.75, 3.05) is 6.54 Å². The summed E-state index contributed by atoms with van der Waals surface area (Å²) in [5.41, 5.74) is 2.29. The Morgan fingerprint density at radius 1 is 1.03 bits per heavy atom. The molecule has 2 aromatic heterocycles. The van der Waals surface area contributed by atoms with Crippen molar-refractivity contribution in [3.8, 4) is 0 Å². The van der Waals surface area contributed by atoms with Crippen LogP contribution in [-0.2, 0) is 24.3 Å². The van der Waals surface area contributed by atoms with Gasteiger partial charge in [-0.15, -0.1) is 0 Å². The van der Waals surface area contributed by atoms with Gasteiger partial charge < -0.3 is 5.32 Å². The van der Waals surface area contributed by atoms with Crippen LogP contribution in [-0.4, -0.2) is 31.8 Å². The van der Waals surface area contributed by atoms with Crippen LogP contribution in [0.5, 0.6) is 0 Å². The Morgan fingerprint density at radius 3 is 2.57 bits per heavy atom. The Bertz CT molecular complexity index is 1220. The second-order valence-electron chi connectivity index (χ2n) is 6.92. The molecule has 0 aliphatic rings. The maximum absolute atomic E-state index is 12.7. The number of carbonyl (C=O) groups is 1. The maximum Gasteiger partial charge on any atom is 0.264 e. The number of rotatable bonds is 7. The highest BCUT2D eigenvalue weighted by Crippen LogP contribution is 2.10. The molecule has 4 aromatic rings. The van der Waals surface area contributed by atoms with Crippen LogP contribution < -0.4 is 10.9 Å². The Labute approximate surface area is 177 Å². The number of nitrogens with one attached hydrogen (secondary N) is 1. The molecule has 0 atom stereocenters. The summed E-state index contributed by atoms with van der Waals surface area (Å²) in [5.74, 6) is -0.0908. The molecular formula is C22H20ClN5O2. The fourth-order valence-electron chi connectivity index (χ4n) is 3.21. The van der Waals surface area contributed by atoms with Crippen molar-refractivity contribution >= 4 is 28.5 Å². The van der Waals surface area contributed by atoms with E-state index < -0.39 is 0 Å². The van der Waals surface area contributed by atoms with Crippen LogP contribution in [0.3, 0.4) is 0 Å². The molecule has 0 radical (unpaired) electrons. The third-order valence-electron chi connectivity index (χ3n) is 4.74. The quantitative estimate of drug-likeness (QED) is 0.497. The topological polar surface area (TPSA) is 81.8 Å². The molecule has 0 fully saturated rings. The van der Waals surface area contributed by atoms with Gasteiger partial charge in [0, 0.05) is 11.6 Å². The number of hydrogen-bond donors (Lipinski definition) is 1. The Morgan fingerprint density at radius 2 is 1.80 bits per heavy atom. The van der Waals surface area contributed by atoms with Gasteiger partial charge in [-0.3, -0.25) is 14.2 Å². The number of amides is 1. The maximum atomic E-state index is 12.7. The summed E-state index contributed by atoms with van der Waals surface area (Å²) >= 11 is 5.86. The van der Waals surface area contributed by atoms with Crippen LogP contribution in [0.25, 0.3) is 11.0 Å². The van der Waals surface area contributed by atoms with Crippen molar-refractivity contribution in [1.29, 1.82) is 0 Å². The lowest BCUT2D eigenvalue weighted by atomic mass is 10.1. The van der Waals surface area contributed by atoms with Crippen LogP contribution in [0.2, 0.25) is 5.02 Å². The second kappa shape index (κ2) is 8.92. The predicted molar refractivity (Wildman–Crippen MR) is 115 cm³/mol. The van der Waals surface area contributed by atoms with Crippen LogP contribution >= 0.6 is 11.6 Å². The van der Waals surface area contributed by atoms with Crippen LogP contribution in [0.4, 0.5) is 0 Å². The zero-order valence-corrected chi connectivity index (χ0v) is 16.9. The van der Waals surface area contributed by atoms with E-state index in [1.807, 2.05) is 42.5 Å². The molecule has 0 spiro atoms. The zero-order chi connectivity index (χ0) is 20.9. The molecule has 0 bridgehead atoms. The summed E-state index contributed by atoms with van der Waals surface area (Å²) in [6, 6.07) is 16.9. The summed E-state index contributed by atoms with van der Waals surface area (Å²) in [6.07, 6.45) is 3.34. The van der Waals surface area contributed by atoms with Gasteiger partial charge in [-0.2, -0.15) is 5.10 Å². The molecule has 7 nitrogen and oxygen atoms in total. The lowest BCUT2D eigenvalue weighted by molar-refractivity contribution is -0.120. The van der Waals surface area contributed by atoms with E-state index in [-0.39, 0.29) is 17.9 Å². The number of nitrogens with zero attached hydrogens (tertiary/aromatic N) is 4. The number of hydrogen-bond acceptors (Lipinski definition) is 4. The standard InChI is InChI=1S/C22H20ClN5O2/c23-18-8-6-16(7-9-18)12-20(29)24-10-11-28-21-19(13-26-28)22(30)27(15-25-21)14-17-4-2-1-3-5-17/h1-9,13,15H,10-12,14H2,(H,24,29). The number of carbonyl (C=O) groups excluding carboxylic acids is 1. The normalized spacial score (nSPS) is 11.0. The van der Waals surface area contributed by atoms with Gasteiger partial charge in [-0.25, -0.2) is 9.67 Å². The molecule has 8 heteroatoms. The highest BCUT2D eigenvalue weighted by Gasteiger charge is 2.11. The zero-order valence-electron chi connectivity index (χ0n) is 16.2. The van der Waals surface area contributed by atoms with E-state index in [0.29, 0.717) is 35.7 Å². The number of fused-ring (bicyclic) bond motifs is 1. The number of aromatic nitrogens is 4. The van der Waals surface area contributed by atoms with Crippen molar-refractivity contribution in [1.82, 2.24) is 24.6 Å². The lowest BCUT2D eigenvalue weighted by Gasteiger charge is -2.08. The summed E-state index contributed by atoms with van der Waals surface area (Å²) < 4.78 is 3.20. The summed E-state index contributed by atoms with van der Waals surface area (Å²) in [7, 11) is 0. The molecular weight excluding hydrogens is 402 g/mol. The van der Waals surface area contributed by atoms with Gasteiger partial charge in [0.05, 0.1) is 25.7 Å². The average molecular weight is 422 g/mol. The summed E-state index contributed by atoms with van der Waals surface area (Å²) in [6.45, 7) is 1.26. The van der Waals surface area contributed by atoms with Gasteiger partial charge in [-0.05, 0) is 23.3 Å². The first-order chi connectivity index (χ1) is 14.6. The molecule has 4 rings (SSSR count). The largest absolute Gasteiger partial charge is 0.354 e. The van der Waals surface area contributed by atoms with Crippen LogP contribution in [0.15, 0.2) is 71.9 Å². The summed E-state index contributed by atoms with van der Waals surface area (Å²) in [4.78, 5) is 29.3. The number of benzene rings is 2. The molecule has 2 aromatic carbocycles. The van der Waals surface area contributed by atoms with E-state index in [9.17, 15) is 9.59 Å². The van der Waals surface area contributed by atoms with Crippen LogP contribution in [0, 0.1) is 0 Å². The van der Waals surface area contributed by atoms with Crippen molar-refractivity contribution in [2.24, 2.45) is 0 Å². The molecule has 0 aliphatic carbocycles. The molecule has 0 unspecified atom stereocenters. The highest BCUT2D eigenvalue weighted by atomic mass is 35.5.